The van der Waals surface area contributed by atoms with E-state index in [1.54, 1.807) is 34.6 Å². The Morgan fingerprint density at radius 3 is 2.58 bits per heavy atom. The first kappa shape index (κ1) is 21.2. The molecule has 1 aliphatic heterocycles. The van der Waals surface area contributed by atoms with Crippen molar-refractivity contribution in [3.05, 3.63) is 76.7 Å². The molecule has 1 aliphatic rings. The van der Waals surface area contributed by atoms with Crippen LogP contribution in [0.15, 0.2) is 65.5 Å². The third-order valence-corrected chi connectivity index (χ3v) is 6.46. The van der Waals surface area contributed by atoms with Crippen molar-refractivity contribution in [3.8, 4) is 11.1 Å². The van der Waals surface area contributed by atoms with Gasteiger partial charge < -0.3 is 10.2 Å². The van der Waals surface area contributed by atoms with Gasteiger partial charge in [0, 0.05) is 25.3 Å². The van der Waals surface area contributed by atoms with Gasteiger partial charge in [-0.2, -0.15) is 11.3 Å². The first-order valence-corrected chi connectivity index (χ1v) is 11.5. The van der Waals surface area contributed by atoms with Crippen LogP contribution >= 0.6 is 11.3 Å². The fourth-order valence-corrected chi connectivity index (χ4v) is 4.82. The Balaban J connectivity index is 1.56. The maximum atomic E-state index is 13.3. The number of pyridine rings is 1. The van der Waals surface area contributed by atoms with Crippen molar-refractivity contribution in [2.75, 3.05) is 13.1 Å². The Hall–Kier alpha value is -2.99. The van der Waals surface area contributed by atoms with E-state index in [1.807, 2.05) is 19.9 Å². The monoisotopic (exact) mass is 433 g/mol. The molecule has 0 aliphatic carbocycles. The first-order chi connectivity index (χ1) is 15.0. The predicted octanol–water partition coefficient (Wildman–Crippen LogP) is 4.41. The molecule has 2 aromatic heterocycles. The van der Waals surface area contributed by atoms with Crippen molar-refractivity contribution in [2.45, 2.75) is 32.7 Å². The zero-order valence-corrected chi connectivity index (χ0v) is 18.7. The fraction of sp³-hybridized carbons (Fsp3) is 0.320. The van der Waals surface area contributed by atoms with Crippen molar-refractivity contribution < 1.29 is 9.59 Å². The summed E-state index contributed by atoms with van der Waals surface area (Å²) in [5.41, 5.74) is 3.26. The predicted molar refractivity (Wildman–Crippen MR) is 124 cm³/mol. The van der Waals surface area contributed by atoms with Crippen LogP contribution in [-0.4, -0.2) is 40.8 Å². The lowest BCUT2D eigenvalue weighted by molar-refractivity contribution is -0.130. The van der Waals surface area contributed by atoms with E-state index in [1.165, 1.54) is 11.1 Å². The smallest absolute Gasteiger partial charge is 0.272 e. The Labute approximate surface area is 187 Å². The molecular formula is C25H27N3O2S. The van der Waals surface area contributed by atoms with E-state index >= 15 is 0 Å². The van der Waals surface area contributed by atoms with E-state index in [-0.39, 0.29) is 17.9 Å². The summed E-state index contributed by atoms with van der Waals surface area (Å²) in [5.74, 6) is -0.103. The molecule has 31 heavy (non-hydrogen) atoms. The summed E-state index contributed by atoms with van der Waals surface area (Å²) in [4.78, 5) is 32.2. The number of benzene rings is 1. The molecule has 0 unspecified atom stereocenters. The molecule has 1 aromatic carbocycles. The van der Waals surface area contributed by atoms with Crippen LogP contribution < -0.4 is 5.32 Å². The van der Waals surface area contributed by atoms with Crippen LogP contribution in [0.1, 0.15) is 36.3 Å². The van der Waals surface area contributed by atoms with Gasteiger partial charge in [-0.3, -0.25) is 14.6 Å². The lowest BCUT2D eigenvalue weighted by Crippen LogP contribution is -2.47. The highest BCUT2D eigenvalue weighted by Crippen LogP contribution is 2.36. The number of carbonyl (C=O) groups excluding carboxylic acids is 2. The van der Waals surface area contributed by atoms with E-state index in [9.17, 15) is 9.59 Å². The summed E-state index contributed by atoms with van der Waals surface area (Å²) in [5, 5.41) is 7.29. The van der Waals surface area contributed by atoms with Gasteiger partial charge in [0.2, 0.25) is 5.91 Å². The molecule has 0 bridgehead atoms. The third-order valence-electron chi connectivity index (χ3n) is 5.78. The number of nitrogens with one attached hydrogen (secondary N) is 1. The van der Waals surface area contributed by atoms with Gasteiger partial charge in [0.25, 0.3) is 5.91 Å². The largest absolute Gasteiger partial charge is 0.353 e. The van der Waals surface area contributed by atoms with Crippen molar-refractivity contribution in [2.24, 2.45) is 5.41 Å². The molecule has 0 spiro atoms. The second-order valence-corrected chi connectivity index (χ2v) is 9.27. The zero-order valence-electron chi connectivity index (χ0n) is 17.9. The normalized spacial score (nSPS) is 18.4. The van der Waals surface area contributed by atoms with E-state index in [0.29, 0.717) is 31.6 Å². The molecular weight excluding hydrogens is 406 g/mol. The standard InChI is InChI=1S/C25H27N3O2S/c1-18(2)27-24(30)25(11-13-28(17-25)23(29)22-5-3-4-12-26-22)15-19-6-8-20(9-7-19)21-10-14-31-16-21/h3-10,12,14,16,18H,11,13,15,17H2,1-2H3,(H,27,30)/t25-/m1/s1. The third kappa shape index (κ3) is 4.69. The molecule has 1 N–H and O–H groups in total. The van der Waals surface area contributed by atoms with Crippen LogP contribution in [0.5, 0.6) is 0 Å². The second-order valence-electron chi connectivity index (χ2n) is 8.49. The van der Waals surface area contributed by atoms with Crippen LogP contribution in [0.4, 0.5) is 0 Å². The van der Waals surface area contributed by atoms with Crippen molar-refractivity contribution in [3.63, 3.8) is 0 Å². The fourth-order valence-electron chi connectivity index (χ4n) is 4.16. The van der Waals surface area contributed by atoms with Crippen LogP contribution in [0, 0.1) is 5.41 Å². The molecule has 6 heteroatoms. The zero-order chi connectivity index (χ0) is 21.8. The first-order valence-electron chi connectivity index (χ1n) is 10.6. The number of aromatic nitrogens is 1. The van der Waals surface area contributed by atoms with Gasteiger partial charge in [0.1, 0.15) is 5.69 Å². The lowest BCUT2D eigenvalue weighted by Gasteiger charge is -2.29. The molecule has 0 saturated carbocycles. The van der Waals surface area contributed by atoms with E-state index in [2.05, 4.69) is 51.4 Å². The number of amides is 2. The summed E-state index contributed by atoms with van der Waals surface area (Å²) in [6.45, 7) is 4.88. The van der Waals surface area contributed by atoms with Gasteiger partial charge >= 0.3 is 0 Å². The van der Waals surface area contributed by atoms with Gasteiger partial charge in [0.15, 0.2) is 0 Å². The second kappa shape index (κ2) is 9.02. The molecule has 2 amide bonds. The highest BCUT2D eigenvalue weighted by Gasteiger charge is 2.46. The highest BCUT2D eigenvalue weighted by molar-refractivity contribution is 7.08. The quantitative estimate of drug-likeness (QED) is 0.626. The van der Waals surface area contributed by atoms with Crippen molar-refractivity contribution in [1.82, 2.24) is 15.2 Å². The molecule has 3 aromatic rings. The van der Waals surface area contributed by atoms with Crippen molar-refractivity contribution >= 4 is 23.2 Å². The van der Waals surface area contributed by atoms with Crippen LogP contribution in [-0.2, 0) is 11.2 Å². The molecule has 5 nitrogen and oxygen atoms in total. The summed E-state index contributed by atoms with van der Waals surface area (Å²) in [7, 11) is 0. The SMILES string of the molecule is CC(C)NC(=O)[C@@]1(Cc2ccc(-c3ccsc3)cc2)CCN(C(=O)c2ccccn2)C1. The van der Waals surface area contributed by atoms with Crippen LogP contribution in [0.25, 0.3) is 11.1 Å². The molecule has 3 heterocycles. The summed E-state index contributed by atoms with van der Waals surface area (Å²) in [6, 6.07) is 15.9. The van der Waals surface area contributed by atoms with Crippen LogP contribution in [0.2, 0.25) is 0 Å². The van der Waals surface area contributed by atoms with E-state index in [4.69, 9.17) is 0 Å². The van der Waals surface area contributed by atoms with Crippen molar-refractivity contribution in [1.29, 1.82) is 0 Å². The van der Waals surface area contributed by atoms with E-state index < -0.39 is 5.41 Å². The number of hydrogen-bond acceptors (Lipinski definition) is 4. The molecule has 160 valence electrons. The van der Waals surface area contributed by atoms with Gasteiger partial charge in [-0.25, -0.2) is 0 Å². The van der Waals surface area contributed by atoms with Gasteiger partial charge in [0.05, 0.1) is 5.41 Å². The summed E-state index contributed by atoms with van der Waals surface area (Å²) < 4.78 is 0. The van der Waals surface area contributed by atoms with E-state index in [0.717, 1.165) is 5.56 Å². The minimum absolute atomic E-state index is 0.0146. The molecule has 1 atom stereocenters. The Bertz CT molecular complexity index is 1030. The number of nitrogens with zero attached hydrogens (tertiary/aromatic N) is 2. The minimum Gasteiger partial charge on any atom is -0.353 e. The highest BCUT2D eigenvalue weighted by atomic mass is 32.1. The minimum atomic E-state index is -0.640. The summed E-state index contributed by atoms with van der Waals surface area (Å²) in [6.07, 6.45) is 2.86. The molecule has 1 fully saturated rings. The average molecular weight is 434 g/mol. The number of thiophene rings is 1. The molecule has 4 rings (SSSR count). The summed E-state index contributed by atoms with van der Waals surface area (Å²) >= 11 is 1.68. The molecule has 1 saturated heterocycles. The molecule has 0 radical (unpaired) electrons. The Morgan fingerprint density at radius 2 is 1.94 bits per heavy atom. The lowest BCUT2D eigenvalue weighted by atomic mass is 9.79. The van der Waals surface area contributed by atoms with Gasteiger partial charge in [-0.1, -0.05) is 30.3 Å². The Morgan fingerprint density at radius 1 is 1.13 bits per heavy atom. The number of likely N-dealkylation sites (tertiary alicyclic amines) is 1. The number of hydrogen-bond donors (Lipinski definition) is 1. The topological polar surface area (TPSA) is 62.3 Å². The number of rotatable bonds is 6. The Kier molecular flexibility index (Phi) is 6.18. The van der Waals surface area contributed by atoms with Crippen LogP contribution in [0.3, 0.4) is 0 Å². The maximum absolute atomic E-state index is 13.3. The maximum Gasteiger partial charge on any atom is 0.272 e. The number of carbonyl (C=O) groups is 2. The average Bonchev–Trinajstić information content (AvgIpc) is 3.45. The van der Waals surface area contributed by atoms with Gasteiger partial charge in [-0.15, -0.1) is 0 Å². The van der Waals surface area contributed by atoms with Gasteiger partial charge in [-0.05, 0) is 72.3 Å².